The molecule has 132 valence electrons. The summed E-state index contributed by atoms with van der Waals surface area (Å²) in [5.41, 5.74) is -0.269. The number of carbonyl (C=O) groups is 2. The molecule has 25 heavy (non-hydrogen) atoms. The van der Waals surface area contributed by atoms with Crippen molar-refractivity contribution in [2.24, 2.45) is 0 Å². The molecule has 2 heterocycles. The third-order valence-electron chi connectivity index (χ3n) is 3.86. The van der Waals surface area contributed by atoms with Gasteiger partial charge in [-0.15, -0.1) is 0 Å². The van der Waals surface area contributed by atoms with E-state index in [-0.39, 0.29) is 23.6 Å². The van der Waals surface area contributed by atoms with E-state index in [2.05, 4.69) is 15.3 Å². The molecule has 0 saturated carbocycles. The van der Waals surface area contributed by atoms with E-state index in [0.29, 0.717) is 0 Å². The summed E-state index contributed by atoms with van der Waals surface area (Å²) in [6, 6.07) is 4.87. The molecule has 0 aromatic carbocycles. The van der Waals surface area contributed by atoms with E-state index in [1.165, 1.54) is 17.0 Å². The van der Waals surface area contributed by atoms with Gasteiger partial charge in [-0.25, -0.2) is 9.97 Å². The Balaban J connectivity index is 2.01. The van der Waals surface area contributed by atoms with Gasteiger partial charge < -0.3 is 10.2 Å². The lowest BCUT2D eigenvalue weighted by molar-refractivity contribution is 0.0612. The smallest absolute Gasteiger partial charge is 0.255 e. The van der Waals surface area contributed by atoms with Gasteiger partial charge in [0.2, 0.25) is 11.9 Å². The molecule has 0 saturated heterocycles. The number of carbonyl (C=O) groups excluding carboxylic acids is 2. The molecule has 0 unspecified atom stereocenters. The van der Waals surface area contributed by atoms with Crippen LogP contribution in [0.4, 0.5) is 8.78 Å². The molecule has 2 amide bonds. The van der Waals surface area contributed by atoms with Crippen molar-refractivity contribution in [1.82, 2.24) is 20.2 Å². The van der Waals surface area contributed by atoms with E-state index >= 15 is 0 Å². The number of hydrogen-bond acceptors (Lipinski definition) is 4. The van der Waals surface area contributed by atoms with E-state index in [4.69, 9.17) is 0 Å². The molecule has 0 aliphatic carbocycles. The van der Waals surface area contributed by atoms with Crippen molar-refractivity contribution >= 4 is 11.8 Å². The van der Waals surface area contributed by atoms with E-state index in [0.717, 1.165) is 24.5 Å². The van der Waals surface area contributed by atoms with Crippen LogP contribution in [0.15, 0.2) is 36.7 Å². The predicted molar refractivity (Wildman–Crippen MR) is 86.9 cm³/mol. The monoisotopic (exact) mass is 348 g/mol. The standard InChI is InChI=1S/C17H18F2N4O2/c1-17(2,10-22-15(24)11-4-6-13(18)20-8-11)23(3)16(25)12-5-7-14(19)21-9-12/h4-9H,10H2,1-3H3,(H,22,24). The zero-order valence-electron chi connectivity index (χ0n) is 14.1. The fourth-order valence-electron chi connectivity index (χ4n) is 2.00. The normalized spacial score (nSPS) is 11.1. The second kappa shape index (κ2) is 7.33. The fourth-order valence-corrected chi connectivity index (χ4v) is 2.00. The lowest BCUT2D eigenvalue weighted by Crippen LogP contribution is -2.52. The van der Waals surface area contributed by atoms with Crippen LogP contribution in [-0.4, -0.2) is 45.8 Å². The summed E-state index contributed by atoms with van der Waals surface area (Å²) in [4.78, 5) is 32.9. The number of rotatable bonds is 5. The number of aromatic nitrogens is 2. The minimum atomic E-state index is -0.728. The van der Waals surface area contributed by atoms with Crippen LogP contribution in [0.3, 0.4) is 0 Å². The molecule has 1 N–H and O–H groups in total. The Hall–Kier alpha value is -2.90. The Morgan fingerprint density at radius 2 is 1.56 bits per heavy atom. The highest BCUT2D eigenvalue weighted by Gasteiger charge is 2.29. The number of nitrogens with zero attached hydrogens (tertiary/aromatic N) is 3. The molecule has 0 aliphatic heterocycles. The number of likely N-dealkylation sites (N-methyl/N-ethyl adjacent to an activating group) is 1. The third kappa shape index (κ3) is 4.56. The molecule has 0 atom stereocenters. The maximum Gasteiger partial charge on any atom is 0.255 e. The van der Waals surface area contributed by atoms with Crippen molar-refractivity contribution in [3.8, 4) is 0 Å². The van der Waals surface area contributed by atoms with Crippen LogP contribution in [0.5, 0.6) is 0 Å². The minimum absolute atomic E-state index is 0.153. The van der Waals surface area contributed by atoms with Crippen molar-refractivity contribution in [3.63, 3.8) is 0 Å². The van der Waals surface area contributed by atoms with Gasteiger partial charge in [0.15, 0.2) is 0 Å². The van der Waals surface area contributed by atoms with Crippen molar-refractivity contribution in [2.45, 2.75) is 19.4 Å². The molecular weight excluding hydrogens is 330 g/mol. The molecule has 2 aromatic heterocycles. The van der Waals surface area contributed by atoms with Gasteiger partial charge in [-0.3, -0.25) is 9.59 Å². The highest BCUT2D eigenvalue weighted by Crippen LogP contribution is 2.15. The van der Waals surface area contributed by atoms with Crippen LogP contribution in [0.1, 0.15) is 34.6 Å². The largest absolute Gasteiger partial charge is 0.350 e. The average molecular weight is 348 g/mol. The second-order valence-electron chi connectivity index (χ2n) is 6.10. The fraction of sp³-hybridized carbons (Fsp3) is 0.294. The highest BCUT2D eigenvalue weighted by atomic mass is 19.1. The molecule has 0 bridgehead atoms. The van der Waals surface area contributed by atoms with Gasteiger partial charge in [-0.2, -0.15) is 8.78 Å². The third-order valence-corrected chi connectivity index (χ3v) is 3.86. The van der Waals surface area contributed by atoms with Crippen LogP contribution in [0, 0.1) is 11.9 Å². The maximum absolute atomic E-state index is 12.9. The lowest BCUT2D eigenvalue weighted by Gasteiger charge is -2.35. The maximum atomic E-state index is 12.9. The van der Waals surface area contributed by atoms with E-state index in [1.807, 2.05) is 0 Å². The Morgan fingerprint density at radius 1 is 1.04 bits per heavy atom. The number of hydrogen-bond donors (Lipinski definition) is 1. The summed E-state index contributed by atoms with van der Waals surface area (Å²) >= 11 is 0. The van der Waals surface area contributed by atoms with Crippen LogP contribution in [0.25, 0.3) is 0 Å². The zero-order chi connectivity index (χ0) is 18.6. The van der Waals surface area contributed by atoms with Gasteiger partial charge in [-0.1, -0.05) is 0 Å². The molecule has 0 spiro atoms. The Labute approximate surface area is 143 Å². The molecular formula is C17H18F2N4O2. The van der Waals surface area contributed by atoms with Gasteiger partial charge in [0, 0.05) is 26.0 Å². The van der Waals surface area contributed by atoms with Crippen molar-refractivity contribution in [2.75, 3.05) is 13.6 Å². The van der Waals surface area contributed by atoms with Crippen molar-refractivity contribution < 1.29 is 18.4 Å². The summed E-state index contributed by atoms with van der Waals surface area (Å²) in [5.74, 6) is -2.12. The second-order valence-corrected chi connectivity index (χ2v) is 6.10. The number of nitrogens with one attached hydrogen (secondary N) is 1. The average Bonchev–Trinajstić information content (AvgIpc) is 2.59. The first-order chi connectivity index (χ1) is 11.7. The van der Waals surface area contributed by atoms with Gasteiger partial charge in [-0.05, 0) is 38.1 Å². The first kappa shape index (κ1) is 18.4. The van der Waals surface area contributed by atoms with E-state index in [1.54, 1.807) is 20.9 Å². The topological polar surface area (TPSA) is 75.2 Å². The van der Waals surface area contributed by atoms with Gasteiger partial charge in [0.25, 0.3) is 11.8 Å². The number of pyridine rings is 2. The first-order valence-electron chi connectivity index (χ1n) is 7.50. The van der Waals surface area contributed by atoms with Crippen LogP contribution in [0.2, 0.25) is 0 Å². The van der Waals surface area contributed by atoms with Crippen LogP contribution >= 0.6 is 0 Å². The zero-order valence-corrected chi connectivity index (χ0v) is 14.1. The van der Waals surface area contributed by atoms with E-state index < -0.39 is 23.3 Å². The molecule has 2 aromatic rings. The van der Waals surface area contributed by atoms with Crippen LogP contribution in [-0.2, 0) is 0 Å². The Morgan fingerprint density at radius 3 is 2.04 bits per heavy atom. The van der Waals surface area contributed by atoms with Crippen molar-refractivity contribution in [3.05, 3.63) is 59.7 Å². The summed E-state index contributed by atoms with van der Waals surface area (Å²) in [6.45, 7) is 3.69. The molecule has 8 heteroatoms. The summed E-state index contributed by atoms with van der Waals surface area (Å²) in [5, 5.41) is 2.68. The number of amides is 2. The summed E-state index contributed by atoms with van der Waals surface area (Å²) in [6.07, 6.45) is 2.30. The molecule has 0 aliphatic rings. The van der Waals surface area contributed by atoms with E-state index in [9.17, 15) is 18.4 Å². The van der Waals surface area contributed by atoms with Gasteiger partial charge in [0.1, 0.15) is 0 Å². The van der Waals surface area contributed by atoms with Crippen molar-refractivity contribution in [1.29, 1.82) is 0 Å². The van der Waals surface area contributed by atoms with Crippen LogP contribution < -0.4 is 5.32 Å². The first-order valence-corrected chi connectivity index (χ1v) is 7.50. The molecule has 0 radical (unpaired) electrons. The summed E-state index contributed by atoms with van der Waals surface area (Å²) in [7, 11) is 1.58. The number of halogens is 2. The Bertz CT molecular complexity index is 761. The molecule has 6 nitrogen and oxygen atoms in total. The van der Waals surface area contributed by atoms with Gasteiger partial charge in [0.05, 0.1) is 16.7 Å². The molecule has 2 rings (SSSR count). The quantitative estimate of drug-likeness (QED) is 0.839. The highest BCUT2D eigenvalue weighted by molar-refractivity contribution is 5.95. The molecule has 0 fully saturated rings. The van der Waals surface area contributed by atoms with Gasteiger partial charge >= 0.3 is 0 Å². The predicted octanol–water partition coefficient (Wildman–Crippen LogP) is 2.04. The Kier molecular flexibility index (Phi) is 5.41. The lowest BCUT2D eigenvalue weighted by atomic mass is 10.0. The summed E-state index contributed by atoms with van der Waals surface area (Å²) < 4.78 is 25.7. The minimum Gasteiger partial charge on any atom is -0.350 e. The SMILES string of the molecule is CN(C(=O)c1ccc(F)nc1)C(C)(C)CNC(=O)c1ccc(F)nc1.